The monoisotopic (exact) mass is 412 g/mol. The van der Waals surface area contributed by atoms with Gasteiger partial charge in [0.05, 0.1) is 4.90 Å². The van der Waals surface area contributed by atoms with Crippen molar-refractivity contribution in [2.75, 3.05) is 24.5 Å². The molecule has 2 aliphatic rings. The second-order valence-electron chi connectivity index (χ2n) is 7.98. The number of sulfonamides is 1. The van der Waals surface area contributed by atoms with Gasteiger partial charge in [-0.25, -0.2) is 8.42 Å². The van der Waals surface area contributed by atoms with Crippen LogP contribution in [0, 0.1) is 5.92 Å². The molecule has 1 amide bonds. The smallest absolute Gasteiger partial charge is 0.243 e. The molecule has 2 heterocycles. The number of hydrogen-bond acceptors (Lipinski definition) is 3. The molecule has 2 aromatic carbocycles. The maximum atomic E-state index is 13.2. The number of benzene rings is 2. The van der Waals surface area contributed by atoms with Crippen molar-refractivity contribution in [2.24, 2.45) is 5.92 Å². The first-order valence-electron chi connectivity index (χ1n) is 10.5. The lowest BCUT2D eigenvalue weighted by Gasteiger charge is -2.31. The lowest BCUT2D eigenvalue weighted by molar-refractivity contribution is -0.118. The Balaban J connectivity index is 1.44. The normalized spacial score (nSPS) is 18.0. The third kappa shape index (κ3) is 4.09. The second kappa shape index (κ2) is 8.28. The number of hydrogen-bond donors (Lipinski definition) is 0. The highest BCUT2D eigenvalue weighted by Gasteiger charge is 2.31. The van der Waals surface area contributed by atoms with Gasteiger partial charge in [0.1, 0.15) is 0 Å². The predicted molar refractivity (Wildman–Crippen MR) is 114 cm³/mol. The summed E-state index contributed by atoms with van der Waals surface area (Å²) >= 11 is 0. The summed E-state index contributed by atoms with van der Waals surface area (Å²) in [7, 11) is -3.49. The number of anilines is 1. The van der Waals surface area contributed by atoms with E-state index in [1.54, 1.807) is 27.4 Å². The van der Waals surface area contributed by atoms with E-state index >= 15 is 0 Å². The zero-order chi connectivity index (χ0) is 20.4. The summed E-state index contributed by atoms with van der Waals surface area (Å²) in [6.07, 6.45) is 3.95. The summed E-state index contributed by atoms with van der Waals surface area (Å²) in [5, 5.41) is 0. The quantitative estimate of drug-likeness (QED) is 0.754. The van der Waals surface area contributed by atoms with Crippen LogP contribution in [0.4, 0.5) is 5.69 Å². The standard InChI is InChI=1S/C23H28N2O3S/c1-2-23(26)25-15-12-20-17-21(8-9-22(20)25)29(27,28)24-13-10-19(11-14-24)16-18-6-4-3-5-7-18/h3-9,17,19H,2,10-16H2,1H3. The minimum atomic E-state index is -3.49. The molecule has 4 rings (SSSR count). The largest absolute Gasteiger partial charge is 0.312 e. The van der Waals surface area contributed by atoms with Gasteiger partial charge in [0.15, 0.2) is 0 Å². The lowest BCUT2D eigenvalue weighted by atomic mass is 9.91. The van der Waals surface area contributed by atoms with E-state index in [0.29, 0.717) is 43.3 Å². The SMILES string of the molecule is CCC(=O)N1CCc2cc(S(=O)(=O)N3CCC(Cc4ccccc4)CC3)ccc21. The molecule has 2 aromatic rings. The molecule has 1 saturated heterocycles. The van der Waals surface area contributed by atoms with Crippen molar-refractivity contribution in [2.45, 2.75) is 43.9 Å². The van der Waals surface area contributed by atoms with Crippen molar-refractivity contribution in [3.05, 3.63) is 59.7 Å². The fourth-order valence-corrected chi connectivity index (χ4v) is 5.96. The van der Waals surface area contributed by atoms with Gasteiger partial charge < -0.3 is 4.90 Å². The Bertz CT molecular complexity index is 980. The predicted octanol–water partition coefficient (Wildman–Crippen LogP) is 3.63. The van der Waals surface area contributed by atoms with Crippen molar-refractivity contribution < 1.29 is 13.2 Å². The zero-order valence-electron chi connectivity index (χ0n) is 16.9. The minimum Gasteiger partial charge on any atom is -0.312 e. The molecule has 0 N–H and O–H groups in total. The van der Waals surface area contributed by atoms with Crippen molar-refractivity contribution >= 4 is 21.6 Å². The van der Waals surface area contributed by atoms with Crippen LogP contribution in [0.2, 0.25) is 0 Å². The molecule has 29 heavy (non-hydrogen) atoms. The van der Waals surface area contributed by atoms with E-state index in [2.05, 4.69) is 24.3 Å². The molecular formula is C23H28N2O3S. The van der Waals surface area contributed by atoms with Crippen LogP contribution in [0.1, 0.15) is 37.3 Å². The Morgan fingerprint density at radius 2 is 1.76 bits per heavy atom. The molecule has 0 unspecified atom stereocenters. The molecular weight excluding hydrogens is 384 g/mol. The molecule has 6 heteroatoms. The molecule has 0 aliphatic carbocycles. The van der Waals surface area contributed by atoms with E-state index in [9.17, 15) is 13.2 Å². The van der Waals surface area contributed by atoms with Crippen molar-refractivity contribution in [1.82, 2.24) is 4.31 Å². The maximum absolute atomic E-state index is 13.2. The number of amides is 1. The molecule has 1 fully saturated rings. The van der Waals surface area contributed by atoms with Crippen LogP contribution in [-0.4, -0.2) is 38.3 Å². The topological polar surface area (TPSA) is 57.7 Å². The molecule has 0 aromatic heterocycles. The van der Waals surface area contributed by atoms with Gasteiger partial charge in [0.2, 0.25) is 15.9 Å². The van der Waals surface area contributed by atoms with Gasteiger partial charge in [-0.1, -0.05) is 37.3 Å². The Hall–Kier alpha value is -2.18. The van der Waals surface area contributed by atoms with Crippen molar-refractivity contribution in [1.29, 1.82) is 0 Å². The Morgan fingerprint density at radius 1 is 1.03 bits per heavy atom. The van der Waals surface area contributed by atoms with E-state index in [1.165, 1.54) is 5.56 Å². The molecule has 0 saturated carbocycles. The van der Waals surface area contributed by atoms with Crippen LogP contribution < -0.4 is 4.90 Å². The number of carbonyl (C=O) groups is 1. The van der Waals surface area contributed by atoms with E-state index < -0.39 is 10.0 Å². The summed E-state index contributed by atoms with van der Waals surface area (Å²) in [6.45, 7) is 3.62. The number of nitrogens with zero attached hydrogens (tertiary/aromatic N) is 2. The van der Waals surface area contributed by atoms with E-state index in [0.717, 1.165) is 30.5 Å². The highest BCUT2D eigenvalue weighted by atomic mass is 32.2. The highest BCUT2D eigenvalue weighted by molar-refractivity contribution is 7.89. The van der Waals surface area contributed by atoms with Crippen LogP contribution in [0.5, 0.6) is 0 Å². The average Bonchev–Trinajstić information content (AvgIpc) is 3.18. The highest BCUT2D eigenvalue weighted by Crippen LogP contribution is 2.33. The first kappa shape index (κ1) is 20.1. The number of carbonyl (C=O) groups excluding carboxylic acids is 1. The molecule has 0 radical (unpaired) electrons. The van der Waals surface area contributed by atoms with Crippen molar-refractivity contribution in [3.63, 3.8) is 0 Å². The van der Waals surface area contributed by atoms with Crippen LogP contribution in [0.25, 0.3) is 0 Å². The van der Waals surface area contributed by atoms with Crippen LogP contribution >= 0.6 is 0 Å². The summed E-state index contributed by atoms with van der Waals surface area (Å²) in [6, 6.07) is 15.6. The Labute approximate surface area is 173 Å². The third-order valence-electron chi connectivity index (χ3n) is 6.13. The van der Waals surface area contributed by atoms with Crippen LogP contribution in [0.3, 0.4) is 0 Å². The molecule has 154 valence electrons. The van der Waals surface area contributed by atoms with Gasteiger partial charge in [-0.2, -0.15) is 4.31 Å². The van der Waals surface area contributed by atoms with Gasteiger partial charge in [0, 0.05) is 31.7 Å². The number of piperidine rings is 1. The van der Waals surface area contributed by atoms with Gasteiger partial charge in [-0.15, -0.1) is 0 Å². The number of rotatable bonds is 5. The van der Waals surface area contributed by atoms with Crippen LogP contribution in [0.15, 0.2) is 53.4 Å². The molecule has 0 bridgehead atoms. The Kier molecular flexibility index (Phi) is 5.74. The second-order valence-corrected chi connectivity index (χ2v) is 9.91. The van der Waals surface area contributed by atoms with E-state index in [1.807, 2.05) is 13.0 Å². The van der Waals surface area contributed by atoms with Gasteiger partial charge in [-0.3, -0.25) is 4.79 Å². The number of fused-ring (bicyclic) bond motifs is 1. The average molecular weight is 413 g/mol. The first-order chi connectivity index (χ1) is 14.0. The summed E-state index contributed by atoms with van der Waals surface area (Å²) in [4.78, 5) is 14.2. The molecule has 0 atom stereocenters. The van der Waals surface area contributed by atoms with Gasteiger partial charge in [0.25, 0.3) is 0 Å². The van der Waals surface area contributed by atoms with Crippen molar-refractivity contribution in [3.8, 4) is 0 Å². The molecule has 5 nitrogen and oxygen atoms in total. The summed E-state index contributed by atoms with van der Waals surface area (Å²) < 4.78 is 28.0. The summed E-state index contributed by atoms with van der Waals surface area (Å²) in [5.41, 5.74) is 3.13. The third-order valence-corrected chi connectivity index (χ3v) is 8.02. The van der Waals surface area contributed by atoms with Gasteiger partial charge >= 0.3 is 0 Å². The van der Waals surface area contributed by atoms with Gasteiger partial charge in [-0.05, 0) is 60.9 Å². The van der Waals surface area contributed by atoms with E-state index in [4.69, 9.17) is 0 Å². The zero-order valence-corrected chi connectivity index (χ0v) is 17.7. The fraction of sp³-hybridized carbons (Fsp3) is 0.435. The van der Waals surface area contributed by atoms with Crippen LogP contribution in [-0.2, 0) is 27.7 Å². The molecule has 0 spiro atoms. The lowest BCUT2D eigenvalue weighted by Crippen LogP contribution is -2.38. The minimum absolute atomic E-state index is 0.0832. The van der Waals surface area contributed by atoms with E-state index in [-0.39, 0.29) is 5.91 Å². The summed E-state index contributed by atoms with van der Waals surface area (Å²) in [5.74, 6) is 0.609. The molecule has 2 aliphatic heterocycles. The first-order valence-corrected chi connectivity index (χ1v) is 11.9. The fourth-order valence-electron chi connectivity index (χ4n) is 4.44. The Morgan fingerprint density at radius 3 is 2.45 bits per heavy atom. The maximum Gasteiger partial charge on any atom is 0.243 e.